The molecule has 1 fully saturated rings. The number of nitrogens with one attached hydrogen (secondary N) is 1. The molecule has 0 aliphatic carbocycles. The summed E-state index contributed by atoms with van der Waals surface area (Å²) in [7, 11) is 3.49. The Balaban J connectivity index is 1.48. The van der Waals surface area contributed by atoms with Crippen molar-refractivity contribution in [3.63, 3.8) is 0 Å². The van der Waals surface area contributed by atoms with Crippen molar-refractivity contribution in [2.24, 2.45) is 14.1 Å². The van der Waals surface area contributed by atoms with E-state index in [1.165, 1.54) is 10.9 Å². The van der Waals surface area contributed by atoms with Crippen LogP contribution in [-0.4, -0.2) is 44.3 Å². The largest absolute Gasteiger partial charge is 0.381 e. The van der Waals surface area contributed by atoms with E-state index in [1.54, 1.807) is 24.7 Å². The van der Waals surface area contributed by atoms with Crippen LogP contribution < -0.4 is 10.9 Å². The number of carbonyl (C=O) groups is 1. The summed E-state index contributed by atoms with van der Waals surface area (Å²) in [5.41, 5.74) is 2.14. The van der Waals surface area contributed by atoms with Crippen LogP contribution in [0.4, 0.5) is 5.69 Å². The number of halogens is 1. The third-order valence-corrected chi connectivity index (χ3v) is 5.84. The number of aryl methyl sites for hydroxylation is 2. The highest BCUT2D eigenvalue weighted by atomic mass is 35.5. The zero-order chi connectivity index (χ0) is 19.8. The molecule has 3 heterocycles. The number of aromatic nitrogens is 3. The molecular formula is C20H22ClN5O2. The molecular weight excluding hydrogens is 378 g/mol. The molecule has 7 nitrogen and oxygen atoms in total. The van der Waals surface area contributed by atoms with Crippen molar-refractivity contribution in [1.29, 1.82) is 0 Å². The van der Waals surface area contributed by atoms with Crippen molar-refractivity contribution in [2.45, 2.75) is 18.9 Å². The Kier molecular flexibility index (Phi) is 4.85. The molecule has 4 rings (SSSR count). The number of fused-ring (bicyclic) bond motifs is 1. The quantitative estimate of drug-likeness (QED) is 0.734. The highest BCUT2D eigenvalue weighted by molar-refractivity contribution is 6.32. The molecule has 0 unspecified atom stereocenters. The average molecular weight is 400 g/mol. The van der Waals surface area contributed by atoms with E-state index in [4.69, 9.17) is 11.6 Å². The van der Waals surface area contributed by atoms with E-state index in [-0.39, 0.29) is 17.5 Å². The van der Waals surface area contributed by atoms with Gasteiger partial charge in [-0.2, -0.15) is 5.10 Å². The molecule has 0 radical (unpaired) electrons. The van der Waals surface area contributed by atoms with Crippen LogP contribution in [0.25, 0.3) is 10.9 Å². The number of amides is 1. The summed E-state index contributed by atoms with van der Waals surface area (Å²) in [5, 5.41) is 8.93. The Bertz CT molecular complexity index is 1100. The third-order valence-electron chi connectivity index (χ3n) is 5.39. The van der Waals surface area contributed by atoms with Crippen molar-refractivity contribution < 1.29 is 4.79 Å². The number of benzene rings is 1. The lowest BCUT2D eigenvalue weighted by Gasteiger charge is -2.33. The first-order valence-electron chi connectivity index (χ1n) is 9.28. The van der Waals surface area contributed by atoms with Gasteiger partial charge < -0.3 is 14.8 Å². The molecule has 0 bridgehead atoms. The normalized spacial score (nSPS) is 15.2. The minimum atomic E-state index is -0.0874. The predicted molar refractivity (Wildman–Crippen MR) is 110 cm³/mol. The van der Waals surface area contributed by atoms with E-state index in [1.807, 2.05) is 29.2 Å². The van der Waals surface area contributed by atoms with Gasteiger partial charge in [0.25, 0.3) is 11.5 Å². The van der Waals surface area contributed by atoms with Crippen LogP contribution in [0.2, 0.25) is 5.15 Å². The molecule has 0 spiro atoms. The first-order chi connectivity index (χ1) is 13.5. The number of hydrogen-bond acceptors (Lipinski definition) is 4. The predicted octanol–water partition coefficient (Wildman–Crippen LogP) is 2.64. The summed E-state index contributed by atoms with van der Waals surface area (Å²) in [5.74, 6) is -0.0874. The Labute approximate surface area is 167 Å². The average Bonchev–Trinajstić information content (AvgIpc) is 3.04. The first kappa shape index (κ1) is 18.6. The van der Waals surface area contributed by atoms with Gasteiger partial charge in [-0.05, 0) is 18.9 Å². The van der Waals surface area contributed by atoms with E-state index < -0.39 is 0 Å². The zero-order valence-electron chi connectivity index (χ0n) is 15.9. The summed E-state index contributed by atoms with van der Waals surface area (Å²) in [4.78, 5) is 26.8. The van der Waals surface area contributed by atoms with Crippen molar-refractivity contribution in [1.82, 2.24) is 19.2 Å². The van der Waals surface area contributed by atoms with E-state index in [0.717, 1.165) is 29.4 Å². The number of anilines is 1. The second-order valence-electron chi connectivity index (χ2n) is 7.16. The standard InChI is InChI=1S/C20H22ClN5O2/c1-24-17-6-4-3-5-14(17)16(11-18(24)27)23-13-7-9-26(10-8-13)20(28)15-12-22-25(2)19(15)21/h3-6,11-13,23H,7-10H2,1-2H3. The van der Waals surface area contributed by atoms with Gasteiger partial charge in [0.1, 0.15) is 5.15 Å². The van der Waals surface area contributed by atoms with Crippen LogP contribution in [0.1, 0.15) is 23.2 Å². The number of para-hydroxylation sites is 1. The zero-order valence-corrected chi connectivity index (χ0v) is 16.6. The first-order valence-corrected chi connectivity index (χ1v) is 9.65. The number of pyridine rings is 1. The highest BCUT2D eigenvalue weighted by Gasteiger charge is 2.26. The fourth-order valence-electron chi connectivity index (χ4n) is 3.71. The number of nitrogens with zero attached hydrogens (tertiary/aromatic N) is 4. The van der Waals surface area contributed by atoms with Gasteiger partial charge in [-0.3, -0.25) is 14.3 Å². The minimum absolute atomic E-state index is 0.0416. The number of carbonyl (C=O) groups excluding carboxylic acids is 1. The van der Waals surface area contributed by atoms with Gasteiger partial charge in [-0.15, -0.1) is 0 Å². The monoisotopic (exact) mass is 399 g/mol. The van der Waals surface area contributed by atoms with Crippen LogP contribution in [0.5, 0.6) is 0 Å². The van der Waals surface area contributed by atoms with Gasteiger partial charge in [0, 0.05) is 50.4 Å². The molecule has 1 aliphatic rings. The van der Waals surface area contributed by atoms with Crippen molar-refractivity contribution in [3.8, 4) is 0 Å². The maximum absolute atomic E-state index is 12.7. The van der Waals surface area contributed by atoms with Gasteiger partial charge in [-0.1, -0.05) is 29.8 Å². The van der Waals surface area contributed by atoms with Crippen LogP contribution in [0, 0.1) is 0 Å². The fraction of sp³-hybridized carbons (Fsp3) is 0.350. The Hall–Kier alpha value is -2.80. The van der Waals surface area contributed by atoms with Gasteiger partial charge >= 0.3 is 0 Å². The Morgan fingerprint density at radius 3 is 2.61 bits per heavy atom. The summed E-state index contributed by atoms with van der Waals surface area (Å²) in [6.45, 7) is 1.26. The molecule has 8 heteroatoms. The molecule has 1 N–H and O–H groups in total. The van der Waals surface area contributed by atoms with Crippen LogP contribution in [-0.2, 0) is 14.1 Å². The number of likely N-dealkylation sites (tertiary alicyclic amines) is 1. The molecule has 0 saturated carbocycles. The van der Waals surface area contributed by atoms with Gasteiger partial charge in [0.2, 0.25) is 0 Å². The third kappa shape index (κ3) is 3.26. The van der Waals surface area contributed by atoms with Crippen molar-refractivity contribution >= 4 is 34.1 Å². The van der Waals surface area contributed by atoms with E-state index in [2.05, 4.69) is 10.4 Å². The molecule has 3 aromatic rings. The molecule has 1 saturated heterocycles. The lowest BCUT2D eigenvalue weighted by molar-refractivity contribution is 0.0718. The molecule has 146 valence electrons. The summed E-state index contributed by atoms with van der Waals surface area (Å²) in [6.07, 6.45) is 3.11. The number of rotatable bonds is 3. The Morgan fingerprint density at radius 1 is 1.21 bits per heavy atom. The topological polar surface area (TPSA) is 72.2 Å². The maximum atomic E-state index is 12.7. The van der Waals surface area contributed by atoms with Crippen LogP contribution in [0.3, 0.4) is 0 Å². The summed E-state index contributed by atoms with van der Waals surface area (Å²) in [6, 6.07) is 9.70. The highest BCUT2D eigenvalue weighted by Crippen LogP contribution is 2.25. The fourth-order valence-corrected chi connectivity index (χ4v) is 3.89. The van der Waals surface area contributed by atoms with Crippen LogP contribution in [0.15, 0.2) is 41.3 Å². The molecule has 28 heavy (non-hydrogen) atoms. The van der Waals surface area contributed by atoms with Crippen molar-refractivity contribution in [3.05, 3.63) is 57.6 Å². The van der Waals surface area contributed by atoms with E-state index in [0.29, 0.717) is 23.8 Å². The number of hydrogen-bond donors (Lipinski definition) is 1. The lowest BCUT2D eigenvalue weighted by atomic mass is 10.0. The smallest absolute Gasteiger partial charge is 0.258 e. The van der Waals surface area contributed by atoms with Gasteiger partial charge in [-0.25, -0.2) is 0 Å². The SMILES string of the molecule is Cn1ncc(C(=O)N2CCC(Nc3cc(=O)n(C)c4ccccc34)CC2)c1Cl. The molecule has 1 aliphatic heterocycles. The second-order valence-corrected chi connectivity index (χ2v) is 7.51. The lowest BCUT2D eigenvalue weighted by Crippen LogP contribution is -2.42. The minimum Gasteiger partial charge on any atom is -0.381 e. The summed E-state index contributed by atoms with van der Waals surface area (Å²) < 4.78 is 3.14. The Morgan fingerprint density at radius 2 is 1.93 bits per heavy atom. The van der Waals surface area contributed by atoms with Crippen molar-refractivity contribution in [2.75, 3.05) is 18.4 Å². The van der Waals surface area contributed by atoms with E-state index >= 15 is 0 Å². The molecule has 0 atom stereocenters. The van der Waals surface area contributed by atoms with Gasteiger partial charge in [0.15, 0.2) is 0 Å². The second kappa shape index (κ2) is 7.31. The molecule has 1 amide bonds. The van der Waals surface area contributed by atoms with Gasteiger partial charge in [0.05, 0.1) is 17.3 Å². The molecule has 2 aromatic heterocycles. The maximum Gasteiger partial charge on any atom is 0.258 e. The van der Waals surface area contributed by atoms with E-state index in [9.17, 15) is 9.59 Å². The van der Waals surface area contributed by atoms with Crippen LogP contribution >= 0.6 is 11.6 Å². The summed E-state index contributed by atoms with van der Waals surface area (Å²) >= 11 is 6.15. The molecule has 1 aromatic carbocycles. The number of piperidine rings is 1.